The van der Waals surface area contributed by atoms with Crippen LogP contribution in [0.1, 0.15) is 30.5 Å². The fourth-order valence-corrected chi connectivity index (χ4v) is 3.68. The van der Waals surface area contributed by atoms with Crippen LogP contribution in [0, 0.1) is 12.8 Å². The third-order valence-electron chi connectivity index (χ3n) is 5.19. The zero-order chi connectivity index (χ0) is 23.1. The molecule has 3 rings (SSSR count). The molecule has 0 fully saturated rings. The highest BCUT2D eigenvalue weighted by Gasteiger charge is 2.22. The molecule has 0 spiro atoms. The normalized spacial score (nSPS) is 11.8. The molecule has 1 heterocycles. The van der Waals surface area contributed by atoms with Gasteiger partial charge in [-0.05, 0) is 53.9 Å². The summed E-state index contributed by atoms with van der Waals surface area (Å²) in [5.41, 5.74) is 4.32. The van der Waals surface area contributed by atoms with Crippen molar-refractivity contribution in [3.05, 3.63) is 83.9 Å². The van der Waals surface area contributed by atoms with E-state index >= 15 is 0 Å². The Morgan fingerprint density at radius 1 is 1.12 bits per heavy atom. The van der Waals surface area contributed by atoms with Crippen molar-refractivity contribution in [1.29, 1.82) is 0 Å². The summed E-state index contributed by atoms with van der Waals surface area (Å²) in [5.74, 6) is 0.00911. The lowest BCUT2D eigenvalue weighted by Gasteiger charge is -2.23. The van der Waals surface area contributed by atoms with Gasteiger partial charge in [-0.1, -0.05) is 50.2 Å². The summed E-state index contributed by atoms with van der Waals surface area (Å²) in [6, 6.07) is 15.8. The highest BCUT2D eigenvalue weighted by Crippen LogP contribution is 2.11. The van der Waals surface area contributed by atoms with Gasteiger partial charge in [-0.3, -0.25) is 4.79 Å². The van der Waals surface area contributed by atoms with Crippen LogP contribution < -0.4 is 20.5 Å². The molecule has 7 heteroatoms. The molecular weight excluding hydrogens is 418 g/mol. The van der Waals surface area contributed by atoms with Gasteiger partial charge in [0.25, 0.3) is 0 Å². The van der Waals surface area contributed by atoms with Gasteiger partial charge in [0.15, 0.2) is 5.11 Å². The largest absolute Gasteiger partial charge is 0.350 e. The molecule has 2 aromatic carbocycles. The van der Waals surface area contributed by atoms with Gasteiger partial charge in [-0.25, -0.2) is 9.13 Å². The van der Waals surface area contributed by atoms with Crippen molar-refractivity contribution in [2.45, 2.75) is 39.9 Å². The zero-order valence-corrected chi connectivity index (χ0v) is 19.9. The van der Waals surface area contributed by atoms with E-state index in [1.165, 1.54) is 5.56 Å². The molecule has 1 aromatic heterocycles. The lowest BCUT2D eigenvalue weighted by Crippen LogP contribution is -2.50. The van der Waals surface area contributed by atoms with Gasteiger partial charge in [-0.2, -0.15) is 0 Å². The molecule has 0 aliphatic heterocycles. The number of anilines is 1. The molecule has 6 nitrogen and oxygen atoms in total. The van der Waals surface area contributed by atoms with Gasteiger partial charge >= 0.3 is 0 Å². The van der Waals surface area contributed by atoms with E-state index in [0.29, 0.717) is 11.7 Å². The van der Waals surface area contributed by atoms with Crippen LogP contribution in [-0.2, 0) is 24.9 Å². The number of nitrogens with one attached hydrogen (secondary N) is 3. The van der Waals surface area contributed by atoms with Gasteiger partial charge in [0, 0.05) is 12.2 Å². The Kier molecular flexibility index (Phi) is 8.00. The van der Waals surface area contributed by atoms with Crippen LogP contribution in [0.4, 0.5) is 5.69 Å². The van der Waals surface area contributed by atoms with E-state index < -0.39 is 6.04 Å². The standard InChI is InChI=1S/C25H31N5OS/c1-18(2)23(28-25(32)27-22-7-5-6-19(3)14-22)24(31)26-15-20-8-10-21(11-9-20)16-30-13-12-29(4)17-30/h5-14,17-18,23H,15-16H2,1-4H3,(H2-,26,27,28,31,32)/p+1/t23-/m0/s1. The van der Waals surface area contributed by atoms with Crippen LogP contribution in [0.15, 0.2) is 67.3 Å². The predicted octanol–water partition coefficient (Wildman–Crippen LogP) is 3.30. The van der Waals surface area contributed by atoms with Crippen molar-refractivity contribution in [2.75, 3.05) is 5.32 Å². The molecule has 0 bridgehead atoms. The fraction of sp³-hybridized carbons (Fsp3) is 0.320. The number of imidazole rings is 1. The lowest BCUT2D eigenvalue weighted by atomic mass is 10.0. The molecule has 0 aliphatic carbocycles. The van der Waals surface area contributed by atoms with E-state index in [-0.39, 0.29) is 11.8 Å². The molecule has 0 radical (unpaired) electrons. The van der Waals surface area contributed by atoms with Crippen molar-refractivity contribution in [3.8, 4) is 0 Å². The zero-order valence-electron chi connectivity index (χ0n) is 19.1. The molecule has 1 amide bonds. The number of benzene rings is 2. The van der Waals surface area contributed by atoms with Crippen molar-refractivity contribution < 1.29 is 9.36 Å². The third kappa shape index (κ3) is 6.92. The van der Waals surface area contributed by atoms with Crippen LogP contribution in [0.3, 0.4) is 0 Å². The van der Waals surface area contributed by atoms with Crippen LogP contribution in [0.5, 0.6) is 0 Å². The predicted molar refractivity (Wildman–Crippen MR) is 132 cm³/mol. The van der Waals surface area contributed by atoms with Crippen LogP contribution in [-0.4, -0.2) is 21.6 Å². The number of carbonyl (C=O) groups is 1. The van der Waals surface area contributed by atoms with Crippen molar-refractivity contribution in [2.24, 2.45) is 13.0 Å². The maximum absolute atomic E-state index is 12.8. The Labute approximate surface area is 195 Å². The average molecular weight is 451 g/mol. The van der Waals surface area contributed by atoms with Gasteiger partial charge < -0.3 is 16.0 Å². The number of hydrogen-bond donors (Lipinski definition) is 3. The monoisotopic (exact) mass is 450 g/mol. The Bertz CT molecular complexity index is 1060. The van der Waals surface area contributed by atoms with Crippen LogP contribution in [0.2, 0.25) is 0 Å². The van der Waals surface area contributed by atoms with Crippen molar-refractivity contribution in [1.82, 2.24) is 15.2 Å². The van der Waals surface area contributed by atoms with Gasteiger partial charge in [0.2, 0.25) is 12.2 Å². The smallest absolute Gasteiger partial charge is 0.243 e. The number of amides is 1. The van der Waals surface area contributed by atoms with E-state index in [2.05, 4.69) is 44.8 Å². The fourth-order valence-electron chi connectivity index (χ4n) is 3.43. The molecule has 0 saturated heterocycles. The summed E-state index contributed by atoms with van der Waals surface area (Å²) < 4.78 is 4.15. The second-order valence-electron chi connectivity index (χ2n) is 8.48. The molecule has 3 N–H and O–H groups in total. The van der Waals surface area contributed by atoms with E-state index in [0.717, 1.165) is 23.4 Å². The number of carbonyl (C=O) groups excluding carboxylic acids is 1. The quantitative estimate of drug-likeness (QED) is 0.364. The second-order valence-corrected chi connectivity index (χ2v) is 8.88. The highest BCUT2D eigenvalue weighted by molar-refractivity contribution is 7.80. The first kappa shape index (κ1) is 23.5. The van der Waals surface area contributed by atoms with Crippen LogP contribution in [0.25, 0.3) is 0 Å². The van der Waals surface area contributed by atoms with E-state index in [4.69, 9.17) is 12.2 Å². The highest BCUT2D eigenvalue weighted by atomic mass is 32.1. The maximum Gasteiger partial charge on any atom is 0.243 e. The number of rotatable bonds is 8. The number of aromatic nitrogens is 2. The van der Waals surface area contributed by atoms with Gasteiger partial charge in [-0.15, -0.1) is 0 Å². The Balaban J connectivity index is 1.52. The minimum absolute atomic E-state index is 0.0719. The van der Waals surface area contributed by atoms with E-state index in [9.17, 15) is 4.79 Å². The number of aryl methyl sites for hydroxylation is 2. The topological polar surface area (TPSA) is 62.0 Å². The van der Waals surface area contributed by atoms with Gasteiger partial charge in [0.1, 0.15) is 25.0 Å². The Morgan fingerprint density at radius 2 is 1.84 bits per heavy atom. The molecule has 1 atom stereocenters. The molecule has 168 valence electrons. The molecule has 0 unspecified atom stereocenters. The Morgan fingerprint density at radius 3 is 2.47 bits per heavy atom. The summed E-state index contributed by atoms with van der Waals surface area (Å²) in [6.45, 7) is 7.32. The summed E-state index contributed by atoms with van der Waals surface area (Å²) in [4.78, 5) is 12.8. The summed E-state index contributed by atoms with van der Waals surface area (Å²) in [5, 5.41) is 9.79. The lowest BCUT2D eigenvalue weighted by molar-refractivity contribution is -0.671. The first-order chi connectivity index (χ1) is 15.3. The number of hydrogen-bond acceptors (Lipinski definition) is 2. The summed E-state index contributed by atoms with van der Waals surface area (Å²) >= 11 is 5.44. The second kappa shape index (κ2) is 10.9. The first-order valence-corrected chi connectivity index (χ1v) is 11.2. The third-order valence-corrected chi connectivity index (χ3v) is 5.41. The van der Waals surface area contributed by atoms with Crippen molar-refractivity contribution >= 4 is 28.9 Å². The summed E-state index contributed by atoms with van der Waals surface area (Å²) in [6.07, 6.45) is 6.11. The van der Waals surface area contributed by atoms with Gasteiger partial charge in [0.05, 0.1) is 7.05 Å². The van der Waals surface area contributed by atoms with E-state index in [1.807, 2.05) is 75.4 Å². The molecule has 0 saturated carbocycles. The Hall–Kier alpha value is -3.19. The molecule has 32 heavy (non-hydrogen) atoms. The molecule has 3 aromatic rings. The first-order valence-electron chi connectivity index (χ1n) is 10.8. The molecule has 0 aliphatic rings. The maximum atomic E-state index is 12.8. The minimum Gasteiger partial charge on any atom is -0.350 e. The number of nitrogens with zero attached hydrogens (tertiary/aromatic N) is 2. The SMILES string of the molecule is Cc1cccc(NC(=S)N[C@H](C(=O)NCc2ccc(Cn3cc[n+](C)c3)cc2)C(C)C)c1. The molecular formula is C25H32N5OS+. The summed E-state index contributed by atoms with van der Waals surface area (Å²) in [7, 11) is 2.01. The van der Waals surface area contributed by atoms with Crippen molar-refractivity contribution in [3.63, 3.8) is 0 Å². The van der Waals surface area contributed by atoms with E-state index in [1.54, 1.807) is 0 Å². The average Bonchev–Trinajstić information content (AvgIpc) is 3.15. The minimum atomic E-state index is -0.423. The number of thiocarbonyl (C=S) groups is 1. The van der Waals surface area contributed by atoms with Crippen LogP contribution >= 0.6 is 12.2 Å².